The number of halogens is 1. The third-order valence-corrected chi connectivity index (χ3v) is 6.26. The second-order valence-electron chi connectivity index (χ2n) is 8.11. The number of carbonyl (C=O) groups excluding carboxylic acids is 1. The highest BCUT2D eigenvalue weighted by atomic mass is 19.1. The van der Waals surface area contributed by atoms with E-state index in [2.05, 4.69) is 32.8 Å². The van der Waals surface area contributed by atoms with Crippen LogP contribution in [0.2, 0.25) is 0 Å². The van der Waals surface area contributed by atoms with Gasteiger partial charge in [0.15, 0.2) is 0 Å². The summed E-state index contributed by atoms with van der Waals surface area (Å²) in [5.74, 6) is 2.53. The number of aromatic nitrogens is 3. The van der Waals surface area contributed by atoms with Crippen molar-refractivity contribution in [2.45, 2.75) is 18.9 Å². The molecule has 3 heterocycles. The number of benzene rings is 1. The Morgan fingerprint density at radius 3 is 2.86 bits per heavy atom. The lowest BCUT2D eigenvalue weighted by molar-refractivity contribution is -0.0541. The average molecular weight is 389 g/mol. The van der Waals surface area contributed by atoms with Crippen molar-refractivity contribution >= 4 is 22.8 Å². The van der Waals surface area contributed by atoms with Gasteiger partial charge in [-0.1, -0.05) is 5.92 Å². The zero-order valence-electron chi connectivity index (χ0n) is 16.0. The molecule has 0 unspecified atom stereocenters. The van der Waals surface area contributed by atoms with E-state index in [1.807, 2.05) is 12.3 Å². The maximum Gasteiger partial charge on any atom is 0.253 e. The first-order chi connectivity index (χ1) is 14.0. The van der Waals surface area contributed by atoms with E-state index in [1.165, 1.54) is 12.1 Å². The molecule has 1 aliphatic carbocycles. The second kappa shape index (κ2) is 6.31. The van der Waals surface area contributed by atoms with Gasteiger partial charge in [0.05, 0.1) is 10.9 Å². The lowest BCUT2D eigenvalue weighted by Crippen LogP contribution is -2.67. The van der Waals surface area contributed by atoms with Gasteiger partial charge in [-0.15, -0.1) is 6.42 Å². The summed E-state index contributed by atoms with van der Waals surface area (Å²) in [4.78, 5) is 28.5. The summed E-state index contributed by atoms with van der Waals surface area (Å²) in [5, 5.41) is 1.01. The third-order valence-electron chi connectivity index (χ3n) is 6.26. The number of amides is 1. The molecule has 1 spiro atoms. The van der Waals surface area contributed by atoms with Crippen molar-refractivity contribution < 1.29 is 9.18 Å². The van der Waals surface area contributed by atoms with Crippen molar-refractivity contribution in [3.63, 3.8) is 0 Å². The van der Waals surface area contributed by atoms with Crippen LogP contribution in [0.4, 0.5) is 10.2 Å². The minimum atomic E-state index is -0.528. The molecule has 1 saturated carbocycles. The van der Waals surface area contributed by atoms with E-state index in [0.29, 0.717) is 24.7 Å². The number of anilines is 1. The molecule has 1 N–H and O–H groups in total. The fourth-order valence-corrected chi connectivity index (χ4v) is 4.64. The molecule has 0 atom stereocenters. The molecule has 3 aromatic rings. The van der Waals surface area contributed by atoms with Crippen molar-refractivity contribution in [1.29, 1.82) is 0 Å². The number of H-pyrrole nitrogens is 1. The zero-order valence-corrected chi connectivity index (χ0v) is 16.0. The number of hydrogen-bond acceptors (Lipinski definition) is 4. The number of nitrogens with one attached hydrogen (secondary N) is 1. The molecule has 2 fully saturated rings. The average Bonchev–Trinajstić information content (AvgIpc) is 3.14. The van der Waals surface area contributed by atoms with Crippen LogP contribution in [-0.2, 0) is 0 Å². The third kappa shape index (κ3) is 2.75. The standard InChI is InChI=1S/C22H20FN5O/c1-3-14-4-5-15(8-18(14)23)21(29)28-11-22(12-28)9-16(10-22)27(2)20-17-6-7-24-19(17)25-13-26-20/h1,4-8,13,16H,9-12H2,2H3,(H,24,25,26). The van der Waals surface area contributed by atoms with Crippen molar-refractivity contribution in [3.8, 4) is 12.3 Å². The first-order valence-corrected chi connectivity index (χ1v) is 9.56. The van der Waals surface area contributed by atoms with Crippen molar-refractivity contribution in [3.05, 3.63) is 53.7 Å². The van der Waals surface area contributed by atoms with Crippen LogP contribution in [0.3, 0.4) is 0 Å². The molecule has 1 aromatic carbocycles. The van der Waals surface area contributed by atoms with Crippen LogP contribution < -0.4 is 4.90 Å². The first-order valence-electron chi connectivity index (χ1n) is 9.56. The second-order valence-corrected chi connectivity index (χ2v) is 8.11. The molecule has 146 valence electrons. The Kier molecular flexibility index (Phi) is 3.85. The molecule has 1 aliphatic heterocycles. The van der Waals surface area contributed by atoms with Crippen molar-refractivity contribution in [2.75, 3.05) is 25.0 Å². The summed E-state index contributed by atoms with van der Waals surface area (Å²) in [6.07, 6.45) is 10.7. The van der Waals surface area contributed by atoms with Gasteiger partial charge in [0, 0.05) is 43.4 Å². The minimum absolute atomic E-state index is 0.139. The number of carbonyl (C=O) groups is 1. The lowest BCUT2D eigenvalue weighted by atomic mass is 9.60. The maximum atomic E-state index is 13.9. The van der Waals surface area contributed by atoms with E-state index in [9.17, 15) is 9.18 Å². The number of terminal acetylenes is 1. The molecule has 1 saturated heterocycles. The van der Waals surface area contributed by atoms with Gasteiger partial charge in [-0.05, 0) is 37.1 Å². The Morgan fingerprint density at radius 2 is 2.14 bits per heavy atom. The van der Waals surface area contributed by atoms with Crippen LogP contribution in [0.25, 0.3) is 11.0 Å². The minimum Gasteiger partial charge on any atom is -0.356 e. The molecule has 7 heteroatoms. The highest BCUT2D eigenvalue weighted by molar-refractivity contribution is 5.95. The Labute approximate surface area is 167 Å². The molecule has 2 aromatic heterocycles. The maximum absolute atomic E-state index is 13.9. The predicted molar refractivity (Wildman–Crippen MR) is 108 cm³/mol. The topological polar surface area (TPSA) is 65.1 Å². The summed E-state index contributed by atoms with van der Waals surface area (Å²) >= 11 is 0. The number of likely N-dealkylation sites (tertiary alicyclic amines) is 1. The molecule has 1 amide bonds. The SMILES string of the molecule is C#Cc1ccc(C(=O)N2CC3(CC(N(C)c4ncnc5[nH]ccc45)C3)C2)cc1F. The predicted octanol–water partition coefficient (Wildman–Crippen LogP) is 2.82. The zero-order chi connectivity index (χ0) is 20.2. The van der Waals surface area contributed by atoms with Gasteiger partial charge in [0.25, 0.3) is 5.91 Å². The highest BCUT2D eigenvalue weighted by Gasteiger charge is 2.55. The molecule has 0 bridgehead atoms. The Balaban J connectivity index is 1.22. The fraction of sp³-hybridized carbons (Fsp3) is 0.318. The first kappa shape index (κ1) is 17.7. The number of rotatable bonds is 3. The van der Waals surface area contributed by atoms with Crippen LogP contribution in [0.1, 0.15) is 28.8 Å². The summed E-state index contributed by atoms with van der Waals surface area (Å²) < 4.78 is 13.9. The van der Waals surface area contributed by atoms with Gasteiger partial charge in [0.1, 0.15) is 23.6 Å². The van der Waals surface area contributed by atoms with E-state index < -0.39 is 5.82 Å². The van der Waals surface area contributed by atoms with Gasteiger partial charge in [-0.3, -0.25) is 4.79 Å². The van der Waals surface area contributed by atoms with Crippen molar-refractivity contribution in [1.82, 2.24) is 19.9 Å². The van der Waals surface area contributed by atoms with Gasteiger partial charge in [0.2, 0.25) is 0 Å². The van der Waals surface area contributed by atoms with Gasteiger partial charge < -0.3 is 14.8 Å². The summed E-state index contributed by atoms with van der Waals surface area (Å²) in [7, 11) is 2.06. The van der Waals surface area contributed by atoms with E-state index >= 15 is 0 Å². The Morgan fingerprint density at radius 1 is 1.34 bits per heavy atom. The van der Waals surface area contributed by atoms with Gasteiger partial charge in [-0.2, -0.15) is 0 Å². The van der Waals surface area contributed by atoms with Crippen LogP contribution >= 0.6 is 0 Å². The largest absolute Gasteiger partial charge is 0.356 e. The quantitative estimate of drug-likeness (QED) is 0.700. The molecular formula is C22H20FN5O. The van der Waals surface area contributed by atoms with E-state index in [1.54, 1.807) is 17.3 Å². The van der Waals surface area contributed by atoms with Gasteiger partial charge >= 0.3 is 0 Å². The van der Waals surface area contributed by atoms with Crippen LogP contribution in [0.5, 0.6) is 0 Å². The molecule has 6 nitrogen and oxygen atoms in total. The Bertz CT molecular complexity index is 1150. The summed E-state index contributed by atoms with van der Waals surface area (Å²) in [5.41, 5.74) is 1.52. The van der Waals surface area contributed by atoms with E-state index in [4.69, 9.17) is 6.42 Å². The van der Waals surface area contributed by atoms with E-state index in [-0.39, 0.29) is 16.9 Å². The molecule has 29 heavy (non-hydrogen) atoms. The van der Waals surface area contributed by atoms with Crippen LogP contribution in [-0.4, -0.2) is 51.9 Å². The van der Waals surface area contributed by atoms with Crippen LogP contribution in [0.15, 0.2) is 36.8 Å². The number of fused-ring (bicyclic) bond motifs is 1. The van der Waals surface area contributed by atoms with E-state index in [0.717, 1.165) is 29.7 Å². The highest BCUT2D eigenvalue weighted by Crippen LogP contribution is 2.51. The fourth-order valence-electron chi connectivity index (χ4n) is 4.64. The normalized spacial score (nSPS) is 17.6. The molecule has 2 aliphatic rings. The molecule has 5 rings (SSSR count). The monoisotopic (exact) mass is 389 g/mol. The Hall–Kier alpha value is -3.40. The number of hydrogen-bond donors (Lipinski definition) is 1. The van der Waals surface area contributed by atoms with Crippen molar-refractivity contribution in [2.24, 2.45) is 5.41 Å². The van der Waals surface area contributed by atoms with Gasteiger partial charge in [-0.25, -0.2) is 14.4 Å². The summed E-state index contributed by atoms with van der Waals surface area (Å²) in [6.45, 7) is 1.41. The summed E-state index contributed by atoms with van der Waals surface area (Å²) in [6, 6.07) is 6.68. The molecular weight excluding hydrogens is 369 g/mol. The smallest absolute Gasteiger partial charge is 0.253 e. The lowest BCUT2D eigenvalue weighted by Gasteiger charge is -2.60. The van der Waals surface area contributed by atoms with Crippen LogP contribution in [0, 0.1) is 23.6 Å². The molecule has 0 radical (unpaired) electrons. The number of aromatic amines is 1. The number of nitrogens with zero attached hydrogens (tertiary/aromatic N) is 4.